The molecule has 5 heteroatoms. The molecule has 2 heterocycles. The minimum absolute atomic E-state index is 0.862. The van der Waals surface area contributed by atoms with Crippen molar-refractivity contribution in [1.29, 1.82) is 0 Å². The van der Waals surface area contributed by atoms with Crippen molar-refractivity contribution in [3.05, 3.63) is 76.7 Å². The van der Waals surface area contributed by atoms with Crippen LogP contribution in [-0.2, 0) is 0 Å². The number of nitrogens with one attached hydrogen (secondary N) is 1. The van der Waals surface area contributed by atoms with Crippen LogP contribution >= 0.6 is 11.3 Å². The van der Waals surface area contributed by atoms with E-state index in [-0.39, 0.29) is 0 Å². The van der Waals surface area contributed by atoms with Gasteiger partial charge in [-0.3, -0.25) is 4.99 Å². The predicted molar refractivity (Wildman–Crippen MR) is 101 cm³/mol. The van der Waals surface area contributed by atoms with Crippen molar-refractivity contribution in [3.8, 4) is 11.3 Å². The summed E-state index contributed by atoms with van der Waals surface area (Å²) in [5.74, 6) is 0. The van der Waals surface area contributed by atoms with Crippen LogP contribution in [0.5, 0.6) is 0 Å². The maximum Gasteiger partial charge on any atom is 0.205 e. The molecule has 0 aliphatic rings. The van der Waals surface area contributed by atoms with Crippen LogP contribution in [0, 0.1) is 0 Å². The molecule has 0 aliphatic carbocycles. The average Bonchev–Trinajstić information content (AvgIpc) is 3.28. The van der Waals surface area contributed by atoms with Gasteiger partial charge in [-0.05, 0) is 22.9 Å². The summed E-state index contributed by atoms with van der Waals surface area (Å²) in [7, 11) is 1.79. The van der Waals surface area contributed by atoms with E-state index in [2.05, 4.69) is 62.9 Å². The van der Waals surface area contributed by atoms with E-state index in [1.165, 1.54) is 10.8 Å². The molecule has 0 atom stereocenters. The number of benzene rings is 2. The molecular weight excluding hydrogens is 316 g/mol. The van der Waals surface area contributed by atoms with E-state index >= 15 is 0 Å². The molecule has 0 fully saturated rings. The highest BCUT2D eigenvalue weighted by Crippen LogP contribution is 2.28. The average molecular weight is 332 g/mol. The summed E-state index contributed by atoms with van der Waals surface area (Å²) in [5.41, 5.74) is 3.16. The van der Waals surface area contributed by atoms with Gasteiger partial charge in [0.1, 0.15) is 0 Å². The van der Waals surface area contributed by atoms with Crippen molar-refractivity contribution >= 4 is 28.3 Å². The zero-order valence-electron chi connectivity index (χ0n) is 13.2. The van der Waals surface area contributed by atoms with Gasteiger partial charge in [0.25, 0.3) is 0 Å². The van der Waals surface area contributed by atoms with Gasteiger partial charge in [-0.25, -0.2) is 4.68 Å². The van der Waals surface area contributed by atoms with Crippen LogP contribution in [0.2, 0.25) is 0 Å². The highest BCUT2D eigenvalue weighted by atomic mass is 32.1. The molecule has 24 heavy (non-hydrogen) atoms. The molecule has 4 rings (SSSR count). The molecule has 4 aromatic rings. The van der Waals surface area contributed by atoms with Crippen LogP contribution in [0.15, 0.2) is 76.3 Å². The smallest absolute Gasteiger partial charge is 0.205 e. The Kier molecular flexibility index (Phi) is 3.84. The predicted octanol–water partition coefficient (Wildman–Crippen LogP) is 4.11. The molecule has 0 saturated carbocycles. The van der Waals surface area contributed by atoms with E-state index in [0.29, 0.717) is 0 Å². The zero-order chi connectivity index (χ0) is 16.4. The first-order chi connectivity index (χ1) is 11.9. The van der Waals surface area contributed by atoms with E-state index in [9.17, 15) is 0 Å². The zero-order valence-corrected chi connectivity index (χ0v) is 14.0. The minimum Gasteiger partial charge on any atom is -0.360 e. The van der Waals surface area contributed by atoms with Gasteiger partial charge < -0.3 is 4.98 Å². The van der Waals surface area contributed by atoms with E-state index in [1.54, 1.807) is 18.4 Å². The van der Waals surface area contributed by atoms with E-state index in [4.69, 9.17) is 0 Å². The van der Waals surface area contributed by atoms with Crippen LogP contribution < -0.4 is 4.80 Å². The van der Waals surface area contributed by atoms with Crippen LogP contribution in [0.4, 0.5) is 0 Å². The van der Waals surface area contributed by atoms with Gasteiger partial charge in [-0.1, -0.05) is 42.5 Å². The fourth-order valence-electron chi connectivity index (χ4n) is 2.74. The number of aromatic amines is 1. The van der Waals surface area contributed by atoms with Gasteiger partial charge in [-0.2, -0.15) is 5.10 Å². The Morgan fingerprint density at radius 2 is 1.92 bits per heavy atom. The molecule has 2 aromatic heterocycles. The quantitative estimate of drug-likeness (QED) is 0.549. The minimum atomic E-state index is 0.862. The van der Waals surface area contributed by atoms with Crippen LogP contribution in [-0.4, -0.2) is 22.9 Å². The Labute approximate surface area is 143 Å². The van der Waals surface area contributed by atoms with E-state index in [0.717, 1.165) is 21.8 Å². The SMILES string of the molecule is CN=c1scc(-c2cccc3ccccc23)n1N=Cc1ccc[nH]1. The third kappa shape index (κ3) is 2.59. The van der Waals surface area contributed by atoms with Crippen molar-refractivity contribution in [2.45, 2.75) is 0 Å². The molecule has 0 radical (unpaired) electrons. The van der Waals surface area contributed by atoms with E-state index < -0.39 is 0 Å². The first kappa shape index (κ1) is 14.7. The van der Waals surface area contributed by atoms with Gasteiger partial charge in [-0.15, -0.1) is 11.3 Å². The second kappa shape index (κ2) is 6.29. The molecular formula is C19H16N4S. The fourth-order valence-corrected chi connectivity index (χ4v) is 3.54. The van der Waals surface area contributed by atoms with Crippen molar-refractivity contribution < 1.29 is 0 Å². The summed E-state index contributed by atoms with van der Waals surface area (Å²) in [6.45, 7) is 0. The molecule has 0 spiro atoms. The largest absolute Gasteiger partial charge is 0.360 e. The van der Waals surface area contributed by atoms with Crippen LogP contribution in [0.25, 0.3) is 22.0 Å². The van der Waals surface area contributed by atoms with Crippen molar-refractivity contribution in [2.24, 2.45) is 10.1 Å². The Hall–Kier alpha value is -2.92. The van der Waals surface area contributed by atoms with Gasteiger partial charge in [0.05, 0.1) is 17.6 Å². The Morgan fingerprint density at radius 1 is 1.04 bits per heavy atom. The third-order valence-corrected chi connectivity index (χ3v) is 4.78. The molecule has 0 amide bonds. The molecule has 118 valence electrons. The maximum atomic E-state index is 4.64. The summed E-state index contributed by atoms with van der Waals surface area (Å²) >= 11 is 1.59. The fraction of sp³-hybridized carbons (Fsp3) is 0.0526. The number of nitrogens with zero attached hydrogens (tertiary/aromatic N) is 3. The van der Waals surface area contributed by atoms with Gasteiger partial charge in [0, 0.05) is 24.2 Å². The van der Waals surface area contributed by atoms with E-state index in [1.807, 2.05) is 29.2 Å². The lowest BCUT2D eigenvalue weighted by Gasteiger charge is -2.07. The molecule has 0 saturated heterocycles. The van der Waals surface area contributed by atoms with Gasteiger partial charge in [0.2, 0.25) is 4.80 Å². The normalized spacial score (nSPS) is 12.5. The Balaban J connectivity index is 1.91. The highest BCUT2D eigenvalue weighted by molar-refractivity contribution is 7.07. The molecule has 0 unspecified atom stereocenters. The second-order valence-electron chi connectivity index (χ2n) is 5.34. The molecule has 2 aromatic carbocycles. The number of thiazole rings is 1. The molecule has 1 N–H and O–H groups in total. The number of H-pyrrole nitrogens is 1. The van der Waals surface area contributed by atoms with Crippen molar-refractivity contribution in [2.75, 3.05) is 7.05 Å². The summed E-state index contributed by atoms with van der Waals surface area (Å²) < 4.78 is 1.90. The van der Waals surface area contributed by atoms with Crippen molar-refractivity contribution in [3.63, 3.8) is 0 Å². The third-order valence-electron chi connectivity index (χ3n) is 3.88. The van der Waals surface area contributed by atoms with Gasteiger partial charge >= 0.3 is 0 Å². The summed E-state index contributed by atoms with van der Waals surface area (Å²) in [6.07, 6.45) is 3.70. The number of rotatable bonds is 3. The topological polar surface area (TPSA) is 45.4 Å². The monoisotopic (exact) mass is 332 g/mol. The lowest BCUT2D eigenvalue weighted by atomic mass is 10.0. The number of hydrogen-bond acceptors (Lipinski definition) is 3. The highest BCUT2D eigenvalue weighted by Gasteiger charge is 2.10. The first-order valence-corrected chi connectivity index (χ1v) is 8.54. The Morgan fingerprint density at radius 3 is 2.75 bits per heavy atom. The summed E-state index contributed by atoms with van der Waals surface area (Å²) in [6, 6.07) is 18.7. The molecule has 0 bridgehead atoms. The second-order valence-corrected chi connectivity index (χ2v) is 6.17. The number of fused-ring (bicyclic) bond motifs is 1. The first-order valence-electron chi connectivity index (χ1n) is 7.66. The Bertz CT molecular complexity index is 1060. The number of hydrogen-bond donors (Lipinski definition) is 1. The van der Waals surface area contributed by atoms with Gasteiger partial charge in [0.15, 0.2) is 0 Å². The summed E-state index contributed by atoms with van der Waals surface area (Å²) in [5, 5.41) is 9.18. The lowest BCUT2D eigenvalue weighted by Crippen LogP contribution is -2.11. The molecule has 4 nitrogen and oxygen atoms in total. The molecule has 0 aliphatic heterocycles. The number of aromatic nitrogens is 2. The van der Waals surface area contributed by atoms with Crippen LogP contribution in [0.3, 0.4) is 0 Å². The summed E-state index contributed by atoms with van der Waals surface area (Å²) in [4.78, 5) is 8.35. The van der Waals surface area contributed by atoms with Crippen LogP contribution in [0.1, 0.15) is 5.69 Å². The lowest BCUT2D eigenvalue weighted by molar-refractivity contribution is 0.848. The maximum absolute atomic E-state index is 4.64. The standard InChI is InChI=1S/C19H16N4S/c1-20-19-23(22-12-15-8-5-11-21-15)18(13-24-19)17-10-4-7-14-6-2-3-9-16(14)17/h2-13,21H,1H3. The van der Waals surface area contributed by atoms with Crippen molar-refractivity contribution in [1.82, 2.24) is 9.66 Å².